The van der Waals surface area contributed by atoms with Crippen LogP contribution in [0.4, 0.5) is 11.5 Å². The molecule has 0 bridgehead atoms. The van der Waals surface area contributed by atoms with Crippen LogP contribution >= 0.6 is 15.9 Å². The van der Waals surface area contributed by atoms with E-state index in [1.165, 1.54) is 12.6 Å². The lowest BCUT2D eigenvalue weighted by Gasteiger charge is -2.33. The number of halogens is 1. The molecule has 6 nitrogen and oxygen atoms in total. The van der Waals surface area contributed by atoms with E-state index in [-0.39, 0.29) is 5.69 Å². The van der Waals surface area contributed by atoms with E-state index in [0.29, 0.717) is 28.5 Å². The van der Waals surface area contributed by atoms with Gasteiger partial charge in [0.2, 0.25) is 0 Å². The number of pyridine rings is 1. The van der Waals surface area contributed by atoms with Gasteiger partial charge in [0, 0.05) is 18.2 Å². The monoisotopic (exact) mass is 356 g/mol. The molecule has 2 unspecified atom stereocenters. The third kappa shape index (κ3) is 3.03. The van der Waals surface area contributed by atoms with E-state index < -0.39 is 4.92 Å². The fourth-order valence-corrected chi connectivity index (χ4v) is 3.72. The first-order chi connectivity index (χ1) is 10.0. The number of nitro groups is 1. The van der Waals surface area contributed by atoms with E-state index in [0.717, 1.165) is 25.2 Å². The summed E-state index contributed by atoms with van der Waals surface area (Å²) in [5, 5.41) is 11.0. The molecule has 0 spiro atoms. The molecule has 1 saturated carbocycles. The quantitative estimate of drug-likeness (QED) is 0.647. The van der Waals surface area contributed by atoms with Gasteiger partial charge < -0.3 is 10.6 Å². The standard InChI is InChI=1S/C14H21BrN4O2/c1-3-18(11-6-4-5-10(11)7-16)14-13(15)9(2)12(8-17-14)19(20)21/h8,10-11H,3-7,16H2,1-2H3. The first-order valence-electron chi connectivity index (χ1n) is 7.27. The second-order valence-electron chi connectivity index (χ2n) is 5.44. The van der Waals surface area contributed by atoms with Crippen molar-refractivity contribution in [2.75, 3.05) is 18.0 Å². The van der Waals surface area contributed by atoms with Crippen LogP contribution in [0.25, 0.3) is 0 Å². The fourth-order valence-electron chi connectivity index (χ4n) is 3.18. The molecule has 0 aromatic carbocycles. The lowest BCUT2D eigenvalue weighted by molar-refractivity contribution is -0.385. The molecule has 0 radical (unpaired) electrons. The number of rotatable bonds is 5. The maximum atomic E-state index is 11.0. The van der Waals surface area contributed by atoms with E-state index in [4.69, 9.17) is 5.73 Å². The molecule has 1 aliphatic carbocycles. The zero-order valence-corrected chi connectivity index (χ0v) is 14.0. The van der Waals surface area contributed by atoms with Gasteiger partial charge in [0.25, 0.3) is 5.69 Å². The first kappa shape index (κ1) is 16.2. The zero-order chi connectivity index (χ0) is 15.6. The third-order valence-electron chi connectivity index (χ3n) is 4.35. The van der Waals surface area contributed by atoms with Crippen molar-refractivity contribution < 1.29 is 4.92 Å². The highest BCUT2D eigenvalue weighted by atomic mass is 79.9. The maximum Gasteiger partial charge on any atom is 0.291 e. The zero-order valence-electron chi connectivity index (χ0n) is 12.4. The van der Waals surface area contributed by atoms with Gasteiger partial charge in [-0.25, -0.2) is 4.98 Å². The van der Waals surface area contributed by atoms with Gasteiger partial charge in [-0.2, -0.15) is 0 Å². The summed E-state index contributed by atoms with van der Waals surface area (Å²) in [6.45, 7) is 5.31. The summed E-state index contributed by atoms with van der Waals surface area (Å²) in [6.07, 6.45) is 4.76. The molecule has 21 heavy (non-hydrogen) atoms. The molecular weight excluding hydrogens is 336 g/mol. The first-order valence-corrected chi connectivity index (χ1v) is 8.06. The van der Waals surface area contributed by atoms with Gasteiger partial charge in [0.1, 0.15) is 12.0 Å². The van der Waals surface area contributed by atoms with Gasteiger partial charge in [-0.1, -0.05) is 6.42 Å². The maximum absolute atomic E-state index is 11.0. The molecule has 0 aliphatic heterocycles. The van der Waals surface area contributed by atoms with Crippen LogP contribution in [-0.4, -0.2) is 29.0 Å². The molecule has 1 heterocycles. The van der Waals surface area contributed by atoms with E-state index in [2.05, 4.69) is 32.7 Å². The highest BCUT2D eigenvalue weighted by molar-refractivity contribution is 9.10. The van der Waals surface area contributed by atoms with Crippen LogP contribution in [0.3, 0.4) is 0 Å². The van der Waals surface area contributed by atoms with Crippen LogP contribution < -0.4 is 10.6 Å². The van der Waals surface area contributed by atoms with Gasteiger partial charge in [-0.05, 0) is 55.1 Å². The Kier molecular flexibility index (Phi) is 5.16. The summed E-state index contributed by atoms with van der Waals surface area (Å²) in [5.74, 6) is 1.25. The number of nitrogens with two attached hydrogens (primary N) is 1. The Morgan fingerprint density at radius 1 is 1.57 bits per heavy atom. The minimum atomic E-state index is -0.397. The predicted octanol–water partition coefficient (Wildman–Crippen LogP) is 3.01. The van der Waals surface area contributed by atoms with E-state index in [9.17, 15) is 10.1 Å². The summed E-state index contributed by atoms with van der Waals surface area (Å²) in [4.78, 5) is 17.2. The number of hydrogen-bond acceptors (Lipinski definition) is 5. The lowest BCUT2D eigenvalue weighted by Crippen LogP contribution is -2.41. The molecule has 2 rings (SSSR count). The molecule has 1 fully saturated rings. The van der Waals surface area contributed by atoms with Crippen LogP contribution in [0.5, 0.6) is 0 Å². The van der Waals surface area contributed by atoms with Gasteiger partial charge in [-0.3, -0.25) is 10.1 Å². The van der Waals surface area contributed by atoms with Gasteiger partial charge in [0.05, 0.1) is 9.40 Å². The summed E-state index contributed by atoms with van der Waals surface area (Å²) in [6, 6.07) is 0.365. The Balaban J connectivity index is 2.39. The molecule has 1 aromatic heterocycles. The van der Waals surface area contributed by atoms with Crippen LogP contribution in [0.1, 0.15) is 31.7 Å². The number of aromatic nitrogens is 1. The molecule has 1 aliphatic rings. The molecule has 116 valence electrons. The Bertz CT molecular complexity index is 538. The molecule has 1 aromatic rings. The summed E-state index contributed by atoms with van der Waals surface area (Å²) in [5.41, 5.74) is 6.54. The van der Waals surface area contributed by atoms with Crippen LogP contribution in [0.2, 0.25) is 0 Å². The Labute approximate surface area is 133 Å². The highest BCUT2D eigenvalue weighted by Crippen LogP contribution is 2.37. The average Bonchev–Trinajstić information content (AvgIpc) is 2.92. The Hall–Kier alpha value is -1.21. The molecule has 0 amide bonds. The van der Waals surface area contributed by atoms with Gasteiger partial charge in [0.15, 0.2) is 0 Å². The molecule has 2 N–H and O–H groups in total. The van der Waals surface area contributed by atoms with Crippen molar-refractivity contribution in [2.45, 2.75) is 39.2 Å². The topological polar surface area (TPSA) is 85.3 Å². The average molecular weight is 357 g/mol. The molecule has 0 saturated heterocycles. The molecule has 7 heteroatoms. The molecule has 2 atom stereocenters. The lowest BCUT2D eigenvalue weighted by atomic mass is 10.0. The van der Waals surface area contributed by atoms with Crippen molar-refractivity contribution in [3.8, 4) is 0 Å². The minimum absolute atomic E-state index is 0.0449. The van der Waals surface area contributed by atoms with Crippen molar-refractivity contribution >= 4 is 27.4 Å². The second-order valence-corrected chi connectivity index (χ2v) is 6.24. The Morgan fingerprint density at radius 2 is 2.29 bits per heavy atom. The SMILES string of the molecule is CCN(c1ncc([N+](=O)[O-])c(C)c1Br)C1CCCC1CN. The van der Waals surface area contributed by atoms with Crippen molar-refractivity contribution in [3.63, 3.8) is 0 Å². The molecular formula is C14H21BrN4O2. The third-order valence-corrected chi connectivity index (χ3v) is 5.30. The van der Waals surface area contributed by atoms with Crippen molar-refractivity contribution in [1.29, 1.82) is 0 Å². The van der Waals surface area contributed by atoms with Crippen molar-refractivity contribution in [2.24, 2.45) is 11.7 Å². The van der Waals surface area contributed by atoms with Gasteiger partial charge in [-0.15, -0.1) is 0 Å². The number of anilines is 1. The normalized spacial score (nSPS) is 21.5. The summed E-state index contributed by atoms with van der Waals surface area (Å²) < 4.78 is 0.709. The largest absolute Gasteiger partial charge is 0.353 e. The van der Waals surface area contributed by atoms with E-state index >= 15 is 0 Å². The summed E-state index contributed by atoms with van der Waals surface area (Å²) in [7, 11) is 0. The number of hydrogen-bond donors (Lipinski definition) is 1. The second kappa shape index (κ2) is 6.70. The van der Waals surface area contributed by atoms with Crippen LogP contribution in [0.15, 0.2) is 10.7 Å². The van der Waals surface area contributed by atoms with Crippen molar-refractivity contribution in [1.82, 2.24) is 4.98 Å². The highest BCUT2D eigenvalue weighted by Gasteiger charge is 2.33. The fraction of sp³-hybridized carbons (Fsp3) is 0.643. The number of nitrogens with zero attached hydrogens (tertiary/aromatic N) is 3. The van der Waals surface area contributed by atoms with E-state index in [1.807, 2.05) is 0 Å². The van der Waals surface area contributed by atoms with Crippen molar-refractivity contribution in [3.05, 3.63) is 26.3 Å². The summed E-state index contributed by atoms with van der Waals surface area (Å²) >= 11 is 3.49. The van der Waals surface area contributed by atoms with E-state index in [1.54, 1.807) is 6.92 Å². The smallest absolute Gasteiger partial charge is 0.291 e. The van der Waals surface area contributed by atoms with Crippen LogP contribution in [0, 0.1) is 23.0 Å². The van der Waals surface area contributed by atoms with Crippen LogP contribution in [-0.2, 0) is 0 Å². The minimum Gasteiger partial charge on any atom is -0.353 e. The van der Waals surface area contributed by atoms with Gasteiger partial charge >= 0.3 is 0 Å². The Morgan fingerprint density at radius 3 is 2.86 bits per heavy atom. The predicted molar refractivity (Wildman–Crippen MR) is 86.5 cm³/mol.